The largest absolute Gasteiger partial charge is 0.493 e. The van der Waals surface area contributed by atoms with Gasteiger partial charge in [0.05, 0.1) is 20.4 Å². The molecule has 2 N–H and O–H groups in total. The summed E-state index contributed by atoms with van der Waals surface area (Å²) in [7, 11) is 3.19. The van der Waals surface area contributed by atoms with E-state index in [0.29, 0.717) is 16.6 Å². The van der Waals surface area contributed by atoms with Gasteiger partial charge in [-0.25, -0.2) is 0 Å². The van der Waals surface area contributed by atoms with Crippen molar-refractivity contribution in [1.82, 2.24) is 5.43 Å². The fraction of sp³-hybridized carbons (Fsp3) is 0.300. The summed E-state index contributed by atoms with van der Waals surface area (Å²) >= 11 is 5.26. The molecular weight excluding hydrogens is 360 g/mol. The third kappa shape index (κ3) is 5.86. The number of hydrogen-bond acceptors (Lipinski definition) is 5. The lowest BCUT2D eigenvalue weighted by atomic mass is 10.2. The number of nitrogens with one attached hydrogen (secondary N) is 2. The predicted octanol–water partition coefficient (Wildman–Crippen LogP) is 3.87. The van der Waals surface area contributed by atoms with Crippen molar-refractivity contribution in [2.45, 2.75) is 13.8 Å². The summed E-state index contributed by atoms with van der Waals surface area (Å²) in [5.74, 6) is 1.29. The molecule has 0 heterocycles. The Hall–Kier alpha value is -2.80. The van der Waals surface area contributed by atoms with Gasteiger partial charge < -0.3 is 19.7 Å². The van der Waals surface area contributed by atoms with E-state index in [1.807, 2.05) is 30.3 Å². The fourth-order valence-corrected chi connectivity index (χ4v) is 2.77. The second-order valence-corrected chi connectivity index (χ2v) is 6.07. The van der Waals surface area contributed by atoms with Crippen molar-refractivity contribution in [3.63, 3.8) is 0 Å². The van der Waals surface area contributed by atoms with Gasteiger partial charge in [-0.05, 0) is 55.9 Å². The molecule has 7 heteroatoms. The smallest absolute Gasteiger partial charge is 0.191 e. The van der Waals surface area contributed by atoms with Crippen LogP contribution >= 0.6 is 12.2 Å². The highest BCUT2D eigenvalue weighted by atomic mass is 32.1. The number of anilines is 2. The molecule has 0 spiro atoms. The average Bonchev–Trinajstić information content (AvgIpc) is 2.70. The molecule has 0 saturated heterocycles. The third-order valence-corrected chi connectivity index (χ3v) is 4.24. The zero-order valence-corrected chi connectivity index (χ0v) is 17.0. The van der Waals surface area contributed by atoms with Crippen LogP contribution in [-0.4, -0.2) is 38.6 Å². The van der Waals surface area contributed by atoms with Crippen molar-refractivity contribution in [3.8, 4) is 11.5 Å². The molecule has 6 nitrogen and oxygen atoms in total. The van der Waals surface area contributed by atoms with Crippen LogP contribution in [0.4, 0.5) is 11.4 Å². The lowest BCUT2D eigenvalue weighted by Gasteiger charge is -2.20. The maximum atomic E-state index is 5.28. The molecule has 0 atom stereocenters. The van der Waals surface area contributed by atoms with Crippen molar-refractivity contribution in [1.29, 1.82) is 0 Å². The minimum absolute atomic E-state index is 0.387. The first-order valence-corrected chi connectivity index (χ1v) is 9.19. The average molecular weight is 387 g/mol. The molecule has 2 aromatic rings. The van der Waals surface area contributed by atoms with Crippen LogP contribution in [0.3, 0.4) is 0 Å². The second-order valence-electron chi connectivity index (χ2n) is 5.66. The van der Waals surface area contributed by atoms with Crippen LogP contribution in [0.1, 0.15) is 19.4 Å². The van der Waals surface area contributed by atoms with E-state index >= 15 is 0 Å². The maximum absolute atomic E-state index is 5.28. The van der Waals surface area contributed by atoms with Gasteiger partial charge in [0, 0.05) is 30.5 Å². The van der Waals surface area contributed by atoms with Gasteiger partial charge in [-0.15, -0.1) is 0 Å². The maximum Gasteiger partial charge on any atom is 0.191 e. The Morgan fingerprint density at radius 2 is 1.70 bits per heavy atom. The van der Waals surface area contributed by atoms with E-state index in [4.69, 9.17) is 21.7 Å². The van der Waals surface area contributed by atoms with Gasteiger partial charge in [0.15, 0.2) is 16.6 Å². The summed E-state index contributed by atoms with van der Waals surface area (Å²) in [5, 5.41) is 7.63. The molecule has 144 valence electrons. The van der Waals surface area contributed by atoms with Crippen molar-refractivity contribution in [2.24, 2.45) is 5.10 Å². The molecule has 0 bridgehead atoms. The van der Waals surface area contributed by atoms with Crippen molar-refractivity contribution < 1.29 is 9.47 Å². The lowest BCUT2D eigenvalue weighted by Crippen LogP contribution is -2.23. The van der Waals surface area contributed by atoms with E-state index in [1.165, 1.54) is 5.69 Å². The number of ether oxygens (including phenoxy) is 2. The Kier molecular flexibility index (Phi) is 7.88. The Labute approximate surface area is 166 Å². The fourth-order valence-electron chi connectivity index (χ4n) is 2.60. The molecule has 0 amide bonds. The van der Waals surface area contributed by atoms with Crippen LogP contribution in [-0.2, 0) is 0 Å². The highest BCUT2D eigenvalue weighted by Crippen LogP contribution is 2.29. The standard InChI is InChI=1S/C20H26N4O2S/c1-5-24(6-2)17-10-7-15(8-11-17)14-21-23-20(27)22-16-9-12-18(25-3)19(13-16)26-4/h7-14H,5-6H2,1-4H3,(H2,22,23,27). The van der Waals surface area contributed by atoms with E-state index < -0.39 is 0 Å². The first kappa shape index (κ1) is 20.5. The Morgan fingerprint density at radius 3 is 2.30 bits per heavy atom. The number of rotatable bonds is 8. The summed E-state index contributed by atoms with van der Waals surface area (Å²) in [6.07, 6.45) is 1.73. The molecular formula is C20H26N4O2S. The van der Waals surface area contributed by atoms with E-state index in [0.717, 1.165) is 24.3 Å². The van der Waals surface area contributed by atoms with Gasteiger partial charge in [0.2, 0.25) is 0 Å². The van der Waals surface area contributed by atoms with Crippen LogP contribution in [0.5, 0.6) is 11.5 Å². The third-order valence-electron chi connectivity index (χ3n) is 4.04. The van der Waals surface area contributed by atoms with Gasteiger partial charge in [-0.2, -0.15) is 5.10 Å². The molecule has 0 saturated carbocycles. The number of benzene rings is 2. The van der Waals surface area contributed by atoms with Crippen LogP contribution in [0.15, 0.2) is 47.6 Å². The molecule has 0 aliphatic rings. The van der Waals surface area contributed by atoms with Crippen LogP contribution in [0.25, 0.3) is 0 Å². The summed E-state index contributed by atoms with van der Waals surface area (Å²) in [6.45, 7) is 6.27. The SMILES string of the molecule is CCN(CC)c1ccc(C=NNC(=S)Nc2ccc(OC)c(OC)c2)cc1. The zero-order valence-electron chi connectivity index (χ0n) is 16.2. The van der Waals surface area contributed by atoms with E-state index in [-0.39, 0.29) is 0 Å². The van der Waals surface area contributed by atoms with E-state index in [9.17, 15) is 0 Å². The van der Waals surface area contributed by atoms with Crippen molar-refractivity contribution in [2.75, 3.05) is 37.5 Å². The molecule has 0 unspecified atom stereocenters. The number of hydrazone groups is 1. The highest BCUT2D eigenvalue weighted by Gasteiger charge is 2.05. The number of methoxy groups -OCH3 is 2. The topological polar surface area (TPSA) is 58.1 Å². The first-order valence-electron chi connectivity index (χ1n) is 8.78. The Balaban J connectivity index is 1.91. The van der Waals surface area contributed by atoms with Crippen LogP contribution < -0.4 is 25.1 Å². The monoisotopic (exact) mass is 386 g/mol. The van der Waals surface area contributed by atoms with Crippen molar-refractivity contribution in [3.05, 3.63) is 48.0 Å². The van der Waals surface area contributed by atoms with Gasteiger partial charge in [0.25, 0.3) is 0 Å². The number of nitrogens with zero attached hydrogens (tertiary/aromatic N) is 2. The highest BCUT2D eigenvalue weighted by molar-refractivity contribution is 7.80. The van der Waals surface area contributed by atoms with Gasteiger partial charge in [0.1, 0.15) is 0 Å². The minimum atomic E-state index is 0.387. The first-order chi connectivity index (χ1) is 13.1. The molecule has 0 radical (unpaired) electrons. The van der Waals surface area contributed by atoms with E-state index in [1.54, 1.807) is 20.4 Å². The molecule has 0 aliphatic heterocycles. The normalized spacial score (nSPS) is 10.5. The van der Waals surface area contributed by atoms with Gasteiger partial charge in [-0.3, -0.25) is 5.43 Å². The van der Waals surface area contributed by atoms with Gasteiger partial charge in [-0.1, -0.05) is 12.1 Å². The summed E-state index contributed by atoms with van der Waals surface area (Å²) < 4.78 is 10.5. The summed E-state index contributed by atoms with van der Waals surface area (Å²) in [4.78, 5) is 2.29. The number of thiocarbonyl (C=S) groups is 1. The molecule has 0 aromatic heterocycles. The summed E-state index contributed by atoms with van der Waals surface area (Å²) in [5.41, 5.74) is 5.79. The molecule has 27 heavy (non-hydrogen) atoms. The second kappa shape index (κ2) is 10.4. The van der Waals surface area contributed by atoms with Crippen LogP contribution in [0.2, 0.25) is 0 Å². The summed E-state index contributed by atoms with van der Waals surface area (Å²) in [6, 6.07) is 13.7. The van der Waals surface area contributed by atoms with Gasteiger partial charge >= 0.3 is 0 Å². The Morgan fingerprint density at radius 1 is 1.04 bits per heavy atom. The Bertz CT molecular complexity index is 774. The zero-order chi connectivity index (χ0) is 19.6. The van der Waals surface area contributed by atoms with Crippen molar-refractivity contribution >= 4 is 34.9 Å². The molecule has 2 rings (SSSR count). The van der Waals surface area contributed by atoms with E-state index in [2.05, 4.69) is 46.7 Å². The quantitative estimate of drug-likeness (QED) is 0.408. The predicted molar refractivity (Wildman–Crippen MR) is 116 cm³/mol. The lowest BCUT2D eigenvalue weighted by molar-refractivity contribution is 0.355. The molecule has 0 aliphatic carbocycles. The number of hydrogen-bond donors (Lipinski definition) is 2. The minimum Gasteiger partial charge on any atom is -0.493 e. The molecule has 0 fully saturated rings. The molecule has 2 aromatic carbocycles. The van der Waals surface area contributed by atoms with Crippen LogP contribution in [0, 0.1) is 0 Å².